The summed E-state index contributed by atoms with van der Waals surface area (Å²) in [6.07, 6.45) is -0.130. The van der Waals surface area contributed by atoms with Crippen LogP contribution >= 0.6 is 0 Å². The lowest BCUT2D eigenvalue weighted by Crippen LogP contribution is -2.40. The number of ether oxygens (including phenoxy) is 2. The molecule has 0 aliphatic heterocycles. The van der Waals surface area contributed by atoms with Crippen LogP contribution < -0.4 is 5.73 Å². The average molecular weight is 469 g/mol. The highest BCUT2D eigenvalue weighted by molar-refractivity contribution is 5.80. The van der Waals surface area contributed by atoms with Gasteiger partial charge in [0.25, 0.3) is 0 Å². The number of hydrogen-bond donors (Lipinski definition) is 2. The lowest BCUT2D eigenvalue weighted by Gasteiger charge is -2.24. The summed E-state index contributed by atoms with van der Waals surface area (Å²) >= 11 is 0. The first-order valence-corrected chi connectivity index (χ1v) is 11.4. The highest BCUT2D eigenvalue weighted by atomic mass is 16.6. The molecule has 2 aromatic carbocycles. The lowest BCUT2D eigenvalue weighted by molar-refractivity contribution is -0.156. The van der Waals surface area contributed by atoms with Gasteiger partial charge in [-0.25, -0.2) is 4.79 Å². The van der Waals surface area contributed by atoms with Gasteiger partial charge in [0, 0.05) is 12.5 Å². The molecule has 3 rings (SSSR count). The Morgan fingerprint density at radius 2 is 1.59 bits per heavy atom. The molecule has 34 heavy (non-hydrogen) atoms. The van der Waals surface area contributed by atoms with Crippen LogP contribution in [0.15, 0.2) is 48.5 Å². The largest absolute Gasteiger partial charge is 0.480 e. The molecule has 182 valence electrons. The van der Waals surface area contributed by atoms with Crippen molar-refractivity contribution in [3.8, 4) is 11.1 Å². The molecule has 2 aromatic rings. The summed E-state index contributed by atoms with van der Waals surface area (Å²) in [7, 11) is 0. The predicted molar refractivity (Wildman–Crippen MR) is 127 cm³/mol. The second-order valence-corrected chi connectivity index (χ2v) is 9.40. The Hall–Kier alpha value is -3.39. The van der Waals surface area contributed by atoms with Crippen molar-refractivity contribution in [3.63, 3.8) is 0 Å². The van der Waals surface area contributed by atoms with Crippen molar-refractivity contribution in [2.75, 3.05) is 19.7 Å². The number of hydrogen-bond acceptors (Lipinski definition) is 6. The van der Waals surface area contributed by atoms with Crippen molar-refractivity contribution in [1.82, 2.24) is 4.90 Å². The topological polar surface area (TPSA) is 119 Å². The van der Waals surface area contributed by atoms with E-state index in [9.17, 15) is 19.5 Å². The lowest BCUT2D eigenvalue weighted by atomic mass is 9.98. The van der Waals surface area contributed by atoms with E-state index in [-0.39, 0.29) is 25.5 Å². The van der Waals surface area contributed by atoms with Gasteiger partial charge in [0.15, 0.2) is 0 Å². The van der Waals surface area contributed by atoms with Crippen LogP contribution in [0.3, 0.4) is 0 Å². The van der Waals surface area contributed by atoms with Crippen molar-refractivity contribution in [2.24, 2.45) is 5.73 Å². The molecule has 0 bridgehead atoms. The summed E-state index contributed by atoms with van der Waals surface area (Å²) in [5.41, 5.74) is 9.61. The molecule has 1 aliphatic carbocycles. The Morgan fingerprint density at radius 1 is 1.03 bits per heavy atom. The number of fused-ring (bicyclic) bond motifs is 3. The second kappa shape index (κ2) is 10.7. The molecular weight excluding hydrogens is 436 g/mol. The first-order chi connectivity index (χ1) is 16.1. The third-order valence-corrected chi connectivity index (χ3v) is 5.57. The molecule has 0 saturated heterocycles. The van der Waals surface area contributed by atoms with E-state index in [0.717, 1.165) is 27.2 Å². The van der Waals surface area contributed by atoms with Crippen LogP contribution in [0, 0.1) is 0 Å². The van der Waals surface area contributed by atoms with Crippen LogP contribution in [-0.4, -0.2) is 59.4 Å². The fourth-order valence-electron chi connectivity index (χ4n) is 4.08. The Labute approximate surface area is 199 Å². The van der Waals surface area contributed by atoms with Gasteiger partial charge in [0.05, 0.1) is 0 Å². The number of carboxylic acids is 1. The number of carbonyl (C=O) groups is 3. The summed E-state index contributed by atoms with van der Waals surface area (Å²) in [4.78, 5) is 37.3. The summed E-state index contributed by atoms with van der Waals surface area (Å²) in [6, 6.07) is 15.1. The second-order valence-electron chi connectivity index (χ2n) is 9.40. The maximum Gasteiger partial charge on any atom is 0.410 e. The quantitative estimate of drug-likeness (QED) is 0.538. The van der Waals surface area contributed by atoms with Gasteiger partial charge < -0.3 is 20.3 Å². The van der Waals surface area contributed by atoms with Crippen LogP contribution in [0.4, 0.5) is 4.79 Å². The Kier molecular flexibility index (Phi) is 7.94. The standard InChI is InChI=1S/C26H32N2O6/c1-26(2,3)34-24(31)22(27)13-8-14-28(15-23(29)30)25(32)33-16-21-19-11-6-4-9-17(19)18-10-5-7-12-20(18)21/h4-7,9-12,21-22H,8,13-16,27H2,1-3H3,(H,29,30). The molecular formula is C26H32N2O6. The summed E-state index contributed by atoms with van der Waals surface area (Å²) in [5.74, 6) is -1.80. The molecule has 0 fully saturated rings. The number of benzene rings is 2. The van der Waals surface area contributed by atoms with E-state index in [1.807, 2.05) is 48.5 Å². The fraction of sp³-hybridized carbons (Fsp3) is 0.423. The Morgan fingerprint density at radius 3 is 2.12 bits per heavy atom. The van der Waals surface area contributed by atoms with Gasteiger partial charge in [-0.15, -0.1) is 0 Å². The SMILES string of the molecule is CC(C)(C)OC(=O)C(N)CCCN(CC(=O)O)C(=O)OCC1c2ccccc2-c2ccccc21. The molecule has 1 unspecified atom stereocenters. The number of esters is 1. The number of rotatable bonds is 9. The molecule has 0 radical (unpaired) electrons. The Balaban J connectivity index is 1.60. The molecule has 1 atom stereocenters. The minimum absolute atomic E-state index is 0.0967. The smallest absolute Gasteiger partial charge is 0.410 e. The predicted octanol–water partition coefficient (Wildman–Crippen LogP) is 3.77. The highest BCUT2D eigenvalue weighted by Crippen LogP contribution is 2.44. The van der Waals surface area contributed by atoms with Crippen LogP contribution in [0.25, 0.3) is 11.1 Å². The number of nitrogens with two attached hydrogens (primary N) is 1. The van der Waals surface area contributed by atoms with E-state index >= 15 is 0 Å². The van der Waals surface area contributed by atoms with Crippen LogP contribution in [0.2, 0.25) is 0 Å². The van der Waals surface area contributed by atoms with Gasteiger partial charge in [0.2, 0.25) is 0 Å². The number of carboxylic acid groups (broad SMARTS) is 1. The normalized spacial score (nSPS) is 13.5. The first-order valence-electron chi connectivity index (χ1n) is 11.4. The van der Waals surface area contributed by atoms with E-state index in [1.54, 1.807) is 20.8 Å². The molecule has 8 nitrogen and oxygen atoms in total. The molecule has 0 aromatic heterocycles. The number of nitrogens with zero attached hydrogens (tertiary/aromatic N) is 1. The van der Waals surface area contributed by atoms with E-state index in [1.165, 1.54) is 0 Å². The maximum atomic E-state index is 12.8. The monoisotopic (exact) mass is 468 g/mol. The van der Waals surface area contributed by atoms with E-state index in [2.05, 4.69) is 0 Å². The first kappa shape index (κ1) is 25.2. The van der Waals surface area contributed by atoms with Crippen molar-refractivity contribution in [1.29, 1.82) is 0 Å². The van der Waals surface area contributed by atoms with Gasteiger partial charge in [-0.2, -0.15) is 0 Å². The minimum Gasteiger partial charge on any atom is -0.480 e. The molecule has 1 amide bonds. The Bertz CT molecular complexity index is 1000. The third kappa shape index (κ3) is 6.35. The molecule has 1 aliphatic rings. The number of carbonyl (C=O) groups excluding carboxylic acids is 2. The fourth-order valence-corrected chi connectivity index (χ4v) is 4.08. The molecule has 8 heteroatoms. The van der Waals surface area contributed by atoms with Crippen molar-refractivity contribution in [3.05, 3.63) is 59.7 Å². The van der Waals surface area contributed by atoms with Gasteiger partial charge >= 0.3 is 18.0 Å². The van der Waals surface area contributed by atoms with Crippen molar-refractivity contribution in [2.45, 2.75) is 51.2 Å². The van der Waals surface area contributed by atoms with Gasteiger partial charge in [-0.3, -0.25) is 14.5 Å². The zero-order valence-electron chi connectivity index (χ0n) is 19.8. The molecule has 0 spiro atoms. The third-order valence-electron chi connectivity index (χ3n) is 5.57. The molecule has 0 heterocycles. The summed E-state index contributed by atoms with van der Waals surface area (Å²) in [5, 5.41) is 9.25. The number of amides is 1. The van der Waals surface area contributed by atoms with Crippen LogP contribution in [-0.2, 0) is 19.1 Å². The minimum atomic E-state index is -1.15. The van der Waals surface area contributed by atoms with Crippen LogP contribution in [0.1, 0.15) is 50.7 Å². The zero-order chi connectivity index (χ0) is 24.9. The van der Waals surface area contributed by atoms with E-state index in [4.69, 9.17) is 15.2 Å². The zero-order valence-corrected chi connectivity index (χ0v) is 19.8. The maximum absolute atomic E-state index is 12.8. The van der Waals surface area contributed by atoms with Crippen molar-refractivity contribution < 1.29 is 29.0 Å². The highest BCUT2D eigenvalue weighted by Gasteiger charge is 2.30. The average Bonchev–Trinajstić information content (AvgIpc) is 3.09. The molecule has 0 saturated carbocycles. The van der Waals surface area contributed by atoms with Crippen molar-refractivity contribution >= 4 is 18.0 Å². The van der Waals surface area contributed by atoms with Crippen LogP contribution in [0.5, 0.6) is 0 Å². The number of aliphatic carboxylic acids is 1. The summed E-state index contributed by atoms with van der Waals surface area (Å²) < 4.78 is 10.8. The van der Waals surface area contributed by atoms with E-state index < -0.39 is 36.2 Å². The van der Waals surface area contributed by atoms with Gasteiger partial charge in [-0.05, 0) is 55.9 Å². The van der Waals surface area contributed by atoms with Gasteiger partial charge in [0.1, 0.15) is 24.8 Å². The summed E-state index contributed by atoms with van der Waals surface area (Å²) in [6.45, 7) is 4.95. The van der Waals surface area contributed by atoms with Gasteiger partial charge in [-0.1, -0.05) is 48.5 Å². The van der Waals surface area contributed by atoms with E-state index in [0.29, 0.717) is 6.42 Å². The molecule has 3 N–H and O–H groups in total.